The number of benzene rings is 1. The minimum Gasteiger partial charge on any atom is -0.497 e. The van der Waals surface area contributed by atoms with E-state index in [1.54, 1.807) is 13.2 Å². The van der Waals surface area contributed by atoms with E-state index >= 15 is 0 Å². The second-order valence-electron chi connectivity index (χ2n) is 3.47. The van der Waals surface area contributed by atoms with Crippen molar-refractivity contribution in [2.24, 2.45) is 0 Å². The quantitative estimate of drug-likeness (QED) is 0.838. The van der Waals surface area contributed by atoms with Gasteiger partial charge in [-0.25, -0.2) is 0 Å². The Morgan fingerprint density at radius 2 is 2.00 bits per heavy atom. The minimum atomic E-state index is 0.382. The molecule has 0 aliphatic heterocycles. The van der Waals surface area contributed by atoms with Gasteiger partial charge in [-0.1, -0.05) is 17.7 Å². The number of halogens is 1. The summed E-state index contributed by atoms with van der Waals surface area (Å²) in [4.78, 5) is 1.91. The maximum absolute atomic E-state index is 5.70. The lowest BCUT2D eigenvalue weighted by atomic mass is 10.3. The van der Waals surface area contributed by atoms with Crippen LogP contribution in [0.1, 0.15) is 0 Å². The Morgan fingerprint density at radius 3 is 2.65 bits per heavy atom. The van der Waals surface area contributed by atoms with Crippen molar-refractivity contribution in [1.82, 2.24) is 10.2 Å². The SMILES string of the molecule is COc1cccc(N(C)c2ccc(Cl)nn2)c1. The molecular formula is C12H12ClN3O. The molecule has 1 aromatic carbocycles. The molecule has 0 aliphatic carbocycles. The highest BCUT2D eigenvalue weighted by atomic mass is 35.5. The number of hydrogen-bond acceptors (Lipinski definition) is 4. The number of hydrogen-bond donors (Lipinski definition) is 0. The maximum Gasteiger partial charge on any atom is 0.155 e. The molecule has 0 saturated carbocycles. The average Bonchev–Trinajstić information content (AvgIpc) is 2.39. The van der Waals surface area contributed by atoms with Gasteiger partial charge in [0.15, 0.2) is 11.0 Å². The molecule has 1 aromatic heterocycles. The van der Waals surface area contributed by atoms with Crippen LogP contribution in [-0.2, 0) is 0 Å². The fourth-order valence-electron chi connectivity index (χ4n) is 1.44. The Kier molecular flexibility index (Phi) is 3.44. The summed E-state index contributed by atoms with van der Waals surface area (Å²) in [6.45, 7) is 0. The number of anilines is 2. The van der Waals surface area contributed by atoms with E-state index in [4.69, 9.17) is 16.3 Å². The van der Waals surface area contributed by atoms with Crippen molar-refractivity contribution in [2.45, 2.75) is 0 Å². The van der Waals surface area contributed by atoms with Crippen LogP contribution in [0, 0.1) is 0 Å². The summed E-state index contributed by atoms with van der Waals surface area (Å²) in [5.74, 6) is 1.53. The number of methoxy groups -OCH3 is 1. The highest BCUT2D eigenvalue weighted by molar-refractivity contribution is 6.29. The molecule has 5 heteroatoms. The van der Waals surface area contributed by atoms with Crippen LogP contribution in [0.25, 0.3) is 0 Å². The minimum absolute atomic E-state index is 0.382. The van der Waals surface area contributed by atoms with Crippen molar-refractivity contribution in [1.29, 1.82) is 0 Å². The van der Waals surface area contributed by atoms with Gasteiger partial charge in [0.2, 0.25) is 0 Å². The summed E-state index contributed by atoms with van der Waals surface area (Å²) in [5.41, 5.74) is 0.973. The maximum atomic E-state index is 5.70. The van der Waals surface area contributed by atoms with Gasteiger partial charge in [0, 0.05) is 18.8 Å². The lowest BCUT2D eigenvalue weighted by Gasteiger charge is -2.18. The van der Waals surface area contributed by atoms with Crippen LogP contribution >= 0.6 is 11.6 Å². The van der Waals surface area contributed by atoms with Crippen molar-refractivity contribution < 1.29 is 4.74 Å². The third-order valence-electron chi connectivity index (χ3n) is 2.40. The monoisotopic (exact) mass is 249 g/mol. The van der Waals surface area contributed by atoms with Crippen molar-refractivity contribution in [3.05, 3.63) is 41.6 Å². The summed E-state index contributed by atoms with van der Waals surface area (Å²) < 4.78 is 5.18. The van der Waals surface area contributed by atoms with Crippen molar-refractivity contribution >= 4 is 23.1 Å². The molecule has 2 rings (SSSR count). The van der Waals surface area contributed by atoms with Gasteiger partial charge in [-0.3, -0.25) is 0 Å². The van der Waals surface area contributed by atoms with Gasteiger partial charge < -0.3 is 9.64 Å². The summed E-state index contributed by atoms with van der Waals surface area (Å²) in [6, 6.07) is 11.2. The Morgan fingerprint density at radius 1 is 1.18 bits per heavy atom. The van der Waals surface area contributed by atoms with E-state index in [2.05, 4.69) is 10.2 Å². The smallest absolute Gasteiger partial charge is 0.155 e. The predicted molar refractivity (Wildman–Crippen MR) is 68.1 cm³/mol. The first-order chi connectivity index (χ1) is 8.20. The molecule has 0 unspecified atom stereocenters. The normalized spacial score (nSPS) is 10.1. The molecule has 0 fully saturated rings. The first kappa shape index (κ1) is 11.7. The molecule has 4 nitrogen and oxygen atoms in total. The fourth-order valence-corrected chi connectivity index (χ4v) is 1.54. The summed E-state index contributed by atoms with van der Waals surface area (Å²) in [5, 5.41) is 8.21. The Balaban J connectivity index is 2.29. The summed E-state index contributed by atoms with van der Waals surface area (Å²) >= 11 is 5.70. The van der Waals surface area contributed by atoms with Crippen LogP contribution < -0.4 is 9.64 Å². The fraction of sp³-hybridized carbons (Fsp3) is 0.167. The Bertz CT molecular complexity index is 501. The van der Waals surface area contributed by atoms with Gasteiger partial charge in [-0.15, -0.1) is 10.2 Å². The number of aromatic nitrogens is 2. The molecule has 88 valence electrons. The molecule has 1 heterocycles. The molecular weight excluding hydrogens is 238 g/mol. The first-order valence-electron chi connectivity index (χ1n) is 5.08. The zero-order valence-electron chi connectivity index (χ0n) is 9.59. The third kappa shape index (κ3) is 2.65. The zero-order chi connectivity index (χ0) is 12.3. The van der Waals surface area contributed by atoms with E-state index < -0.39 is 0 Å². The molecule has 0 radical (unpaired) electrons. The molecule has 0 amide bonds. The summed E-state index contributed by atoms with van der Waals surface area (Å²) in [7, 11) is 3.55. The number of nitrogens with zero attached hydrogens (tertiary/aromatic N) is 3. The standard InChI is InChI=1S/C12H12ClN3O/c1-16(12-7-6-11(13)14-15-12)9-4-3-5-10(8-9)17-2/h3-8H,1-2H3. The second-order valence-corrected chi connectivity index (χ2v) is 3.86. The molecule has 0 spiro atoms. The Labute approximate surface area is 105 Å². The van der Waals surface area contributed by atoms with E-state index in [1.807, 2.05) is 42.3 Å². The molecule has 0 saturated heterocycles. The van der Waals surface area contributed by atoms with Crippen molar-refractivity contribution in [3.63, 3.8) is 0 Å². The first-order valence-corrected chi connectivity index (χ1v) is 5.45. The van der Waals surface area contributed by atoms with E-state index in [0.717, 1.165) is 17.3 Å². The van der Waals surface area contributed by atoms with E-state index in [1.165, 1.54) is 0 Å². The Hall–Kier alpha value is -1.81. The van der Waals surface area contributed by atoms with Gasteiger partial charge in [-0.05, 0) is 24.3 Å². The molecule has 2 aromatic rings. The topological polar surface area (TPSA) is 38.2 Å². The van der Waals surface area contributed by atoms with Crippen molar-refractivity contribution in [2.75, 3.05) is 19.1 Å². The van der Waals surface area contributed by atoms with Gasteiger partial charge in [0.25, 0.3) is 0 Å². The number of ether oxygens (including phenoxy) is 1. The molecule has 0 atom stereocenters. The van der Waals surface area contributed by atoms with Gasteiger partial charge >= 0.3 is 0 Å². The van der Waals surface area contributed by atoms with Crippen LogP contribution in [0.2, 0.25) is 5.15 Å². The van der Waals surface area contributed by atoms with Crippen LogP contribution in [0.5, 0.6) is 5.75 Å². The van der Waals surface area contributed by atoms with Crippen molar-refractivity contribution in [3.8, 4) is 5.75 Å². The van der Waals surface area contributed by atoms with Crippen LogP contribution in [-0.4, -0.2) is 24.4 Å². The largest absolute Gasteiger partial charge is 0.497 e. The van der Waals surface area contributed by atoms with Gasteiger partial charge in [-0.2, -0.15) is 0 Å². The second kappa shape index (κ2) is 5.01. The predicted octanol–water partition coefficient (Wildman–Crippen LogP) is 2.91. The van der Waals surface area contributed by atoms with Crippen LogP contribution in [0.4, 0.5) is 11.5 Å². The average molecular weight is 250 g/mol. The van der Waals surface area contributed by atoms with Crippen LogP contribution in [0.15, 0.2) is 36.4 Å². The van der Waals surface area contributed by atoms with E-state index in [0.29, 0.717) is 5.15 Å². The molecule has 0 aliphatic rings. The lowest BCUT2D eigenvalue weighted by molar-refractivity contribution is 0.415. The summed E-state index contributed by atoms with van der Waals surface area (Å²) in [6.07, 6.45) is 0. The van der Waals surface area contributed by atoms with E-state index in [9.17, 15) is 0 Å². The van der Waals surface area contributed by atoms with E-state index in [-0.39, 0.29) is 0 Å². The highest BCUT2D eigenvalue weighted by Crippen LogP contribution is 2.25. The van der Waals surface area contributed by atoms with Gasteiger partial charge in [0.05, 0.1) is 7.11 Å². The molecule has 0 bridgehead atoms. The molecule has 17 heavy (non-hydrogen) atoms. The highest BCUT2D eigenvalue weighted by Gasteiger charge is 2.06. The third-order valence-corrected chi connectivity index (χ3v) is 2.60. The van der Waals surface area contributed by atoms with Crippen LogP contribution in [0.3, 0.4) is 0 Å². The number of rotatable bonds is 3. The lowest BCUT2D eigenvalue weighted by Crippen LogP contribution is -2.11. The molecule has 0 N–H and O–H groups in total. The zero-order valence-corrected chi connectivity index (χ0v) is 10.3. The van der Waals surface area contributed by atoms with Gasteiger partial charge in [0.1, 0.15) is 5.75 Å².